The third-order valence-corrected chi connectivity index (χ3v) is 10.3. The SMILES string of the molecule is c1ccc(-c2ccc(-c3ccc4c5ccccc5n(-c5ccc(-c6nc(-c7ccccc7)nc(-c7ccc(-c8ccccc8)cc7)n6)cc5)c4c3)cc2)cc1. The molecule has 0 aliphatic heterocycles. The van der Waals surface area contributed by atoms with Crippen LogP contribution in [0.3, 0.4) is 0 Å². The molecule has 55 heavy (non-hydrogen) atoms. The van der Waals surface area contributed by atoms with Crippen molar-refractivity contribution in [3.05, 3.63) is 206 Å². The minimum Gasteiger partial charge on any atom is -0.309 e. The minimum absolute atomic E-state index is 0.631. The van der Waals surface area contributed by atoms with E-state index in [1.165, 1.54) is 38.6 Å². The number of hydrogen-bond acceptors (Lipinski definition) is 3. The van der Waals surface area contributed by atoms with Gasteiger partial charge in [0.2, 0.25) is 0 Å². The van der Waals surface area contributed by atoms with E-state index in [-0.39, 0.29) is 0 Å². The molecule has 258 valence electrons. The van der Waals surface area contributed by atoms with Crippen LogP contribution in [0.25, 0.3) is 95.0 Å². The lowest BCUT2D eigenvalue weighted by Gasteiger charge is -2.12. The first kappa shape index (κ1) is 32.2. The second-order valence-corrected chi connectivity index (χ2v) is 13.7. The Morgan fingerprint density at radius 1 is 0.255 bits per heavy atom. The van der Waals surface area contributed by atoms with Crippen molar-refractivity contribution in [1.82, 2.24) is 19.5 Å². The predicted molar refractivity (Wildman–Crippen MR) is 227 cm³/mol. The largest absolute Gasteiger partial charge is 0.309 e. The molecule has 0 aliphatic carbocycles. The van der Waals surface area contributed by atoms with E-state index in [1.54, 1.807) is 0 Å². The molecule has 4 nitrogen and oxygen atoms in total. The van der Waals surface area contributed by atoms with Crippen LogP contribution >= 0.6 is 0 Å². The fourth-order valence-electron chi connectivity index (χ4n) is 7.47. The summed E-state index contributed by atoms with van der Waals surface area (Å²) < 4.78 is 2.36. The Bertz CT molecular complexity index is 2920. The zero-order chi connectivity index (χ0) is 36.6. The summed E-state index contributed by atoms with van der Waals surface area (Å²) in [7, 11) is 0. The maximum atomic E-state index is 5.04. The highest BCUT2D eigenvalue weighted by atomic mass is 15.0. The lowest BCUT2D eigenvalue weighted by Crippen LogP contribution is -2.00. The number of aromatic nitrogens is 4. The first-order valence-corrected chi connectivity index (χ1v) is 18.5. The topological polar surface area (TPSA) is 43.6 Å². The highest BCUT2D eigenvalue weighted by molar-refractivity contribution is 6.10. The van der Waals surface area contributed by atoms with Gasteiger partial charge in [-0.25, -0.2) is 15.0 Å². The molecule has 2 heterocycles. The maximum Gasteiger partial charge on any atom is 0.164 e. The average molecular weight is 703 g/mol. The molecular formula is C51H34N4. The molecule has 0 spiro atoms. The molecule has 0 amide bonds. The summed E-state index contributed by atoms with van der Waals surface area (Å²) >= 11 is 0. The second kappa shape index (κ2) is 13.8. The van der Waals surface area contributed by atoms with Crippen molar-refractivity contribution >= 4 is 21.8 Å². The fourth-order valence-corrected chi connectivity index (χ4v) is 7.47. The number of hydrogen-bond donors (Lipinski definition) is 0. The summed E-state index contributed by atoms with van der Waals surface area (Å²) in [6.45, 7) is 0. The van der Waals surface area contributed by atoms with Gasteiger partial charge in [-0.2, -0.15) is 0 Å². The summed E-state index contributed by atoms with van der Waals surface area (Å²) in [6.07, 6.45) is 0. The van der Waals surface area contributed by atoms with Crippen molar-refractivity contribution in [1.29, 1.82) is 0 Å². The molecule has 10 aromatic rings. The van der Waals surface area contributed by atoms with Gasteiger partial charge in [0.05, 0.1) is 11.0 Å². The van der Waals surface area contributed by atoms with Gasteiger partial charge in [-0.3, -0.25) is 0 Å². The third kappa shape index (κ3) is 6.16. The Morgan fingerprint density at radius 3 is 1.13 bits per heavy atom. The predicted octanol–water partition coefficient (Wildman–Crippen LogP) is 13.0. The molecule has 0 aliphatic rings. The van der Waals surface area contributed by atoms with E-state index in [4.69, 9.17) is 15.0 Å². The Labute approximate surface area is 319 Å². The standard InChI is InChI=1S/C51H34N4/c1-4-12-35(13-5-1)37-20-22-39(23-21-37)43-30-33-46-45-18-10-11-19-47(45)55(48(46)34-43)44-31-28-42(29-32-44)51-53-49(40-16-8-3-9-17-40)52-50(54-51)41-26-24-38(25-27-41)36-14-6-2-7-15-36/h1-34H. The molecule has 0 saturated carbocycles. The first-order chi connectivity index (χ1) is 27.2. The van der Waals surface area contributed by atoms with Crippen LogP contribution in [0.4, 0.5) is 0 Å². The summed E-state index contributed by atoms with van der Waals surface area (Å²) in [5.41, 5.74) is 13.3. The average Bonchev–Trinajstić information content (AvgIpc) is 3.61. The van der Waals surface area contributed by atoms with E-state index in [0.717, 1.165) is 39.0 Å². The molecule has 0 saturated heterocycles. The van der Waals surface area contributed by atoms with E-state index < -0.39 is 0 Å². The van der Waals surface area contributed by atoms with Crippen LogP contribution in [0, 0.1) is 0 Å². The fraction of sp³-hybridized carbons (Fsp3) is 0. The van der Waals surface area contributed by atoms with Gasteiger partial charge in [0.15, 0.2) is 17.5 Å². The van der Waals surface area contributed by atoms with Gasteiger partial charge >= 0.3 is 0 Å². The first-order valence-electron chi connectivity index (χ1n) is 18.5. The molecule has 0 atom stereocenters. The van der Waals surface area contributed by atoms with Gasteiger partial charge in [0.1, 0.15) is 0 Å². The van der Waals surface area contributed by atoms with Crippen molar-refractivity contribution < 1.29 is 0 Å². The summed E-state index contributed by atoms with van der Waals surface area (Å²) in [5.74, 6) is 1.91. The Morgan fingerprint density at radius 2 is 0.600 bits per heavy atom. The van der Waals surface area contributed by atoms with E-state index >= 15 is 0 Å². The number of rotatable bonds is 7. The molecule has 4 heteroatoms. The zero-order valence-corrected chi connectivity index (χ0v) is 29.9. The third-order valence-electron chi connectivity index (χ3n) is 10.3. The van der Waals surface area contributed by atoms with Crippen molar-refractivity contribution in [3.8, 4) is 73.2 Å². The quantitative estimate of drug-likeness (QED) is 0.166. The van der Waals surface area contributed by atoms with Crippen LogP contribution in [-0.2, 0) is 0 Å². The monoisotopic (exact) mass is 702 g/mol. The molecule has 10 rings (SSSR count). The van der Waals surface area contributed by atoms with Gasteiger partial charge in [0, 0.05) is 33.2 Å². The molecule has 2 aromatic heterocycles. The number of nitrogens with zero attached hydrogens (tertiary/aromatic N) is 4. The minimum atomic E-state index is 0.631. The van der Waals surface area contributed by atoms with Crippen molar-refractivity contribution in [2.75, 3.05) is 0 Å². The van der Waals surface area contributed by atoms with E-state index in [0.29, 0.717) is 17.5 Å². The van der Waals surface area contributed by atoms with Gasteiger partial charge in [-0.05, 0) is 69.8 Å². The molecular weight excluding hydrogens is 669 g/mol. The highest BCUT2D eigenvalue weighted by Gasteiger charge is 2.16. The maximum absolute atomic E-state index is 5.04. The highest BCUT2D eigenvalue weighted by Crippen LogP contribution is 2.36. The van der Waals surface area contributed by atoms with Crippen molar-refractivity contribution in [2.24, 2.45) is 0 Å². The molecule has 0 radical (unpaired) electrons. The van der Waals surface area contributed by atoms with Crippen LogP contribution in [0.2, 0.25) is 0 Å². The smallest absolute Gasteiger partial charge is 0.164 e. The van der Waals surface area contributed by atoms with Crippen molar-refractivity contribution in [3.63, 3.8) is 0 Å². The van der Waals surface area contributed by atoms with E-state index in [9.17, 15) is 0 Å². The Kier molecular flexibility index (Phi) is 8.12. The second-order valence-electron chi connectivity index (χ2n) is 13.7. The molecule has 0 N–H and O–H groups in total. The number of para-hydroxylation sites is 1. The lowest BCUT2D eigenvalue weighted by molar-refractivity contribution is 1.07. The Hall–Kier alpha value is -7.43. The van der Waals surface area contributed by atoms with Gasteiger partial charge in [0.25, 0.3) is 0 Å². The summed E-state index contributed by atoms with van der Waals surface area (Å²) in [4.78, 5) is 15.0. The summed E-state index contributed by atoms with van der Waals surface area (Å²) in [5, 5.41) is 2.44. The van der Waals surface area contributed by atoms with Crippen LogP contribution in [0.5, 0.6) is 0 Å². The molecule has 0 bridgehead atoms. The normalized spacial score (nSPS) is 11.3. The van der Waals surface area contributed by atoms with Crippen LogP contribution < -0.4 is 0 Å². The molecule has 0 unspecified atom stereocenters. The van der Waals surface area contributed by atoms with Crippen LogP contribution in [0.15, 0.2) is 206 Å². The number of benzene rings is 8. The lowest BCUT2D eigenvalue weighted by atomic mass is 9.99. The van der Waals surface area contributed by atoms with Crippen molar-refractivity contribution in [2.45, 2.75) is 0 Å². The van der Waals surface area contributed by atoms with Crippen LogP contribution in [0.1, 0.15) is 0 Å². The van der Waals surface area contributed by atoms with Gasteiger partial charge in [-0.1, -0.05) is 170 Å². The number of fused-ring (bicyclic) bond motifs is 3. The van der Waals surface area contributed by atoms with Gasteiger partial charge < -0.3 is 4.57 Å². The zero-order valence-electron chi connectivity index (χ0n) is 29.9. The van der Waals surface area contributed by atoms with E-state index in [2.05, 4.69) is 174 Å². The van der Waals surface area contributed by atoms with E-state index in [1.807, 2.05) is 36.4 Å². The van der Waals surface area contributed by atoms with Crippen LogP contribution in [-0.4, -0.2) is 19.5 Å². The Balaban J connectivity index is 1.04. The molecule has 0 fully saturated rings. The van der Waals surface area contributed by atoms with Gasteiger partial charge in [-0.15, -0.1) is 0 Å². The molecule has 8 aromatic carbocycles. The summed E-state index contributed by atoms with van der Waals surface area (Å²) in [6, 6.07) is 72.3.